The molecule has 0 aliphatic heterocycles. The van der Waals surface area contributed by atoms with E-state index in [1.165, 1.54) is 24.3 Å². The number of hydrogen-bond acceptors (Lipinski definition) is 6. The molecule has 1 aliphatic rings. The first kappa shape index (κ1) is 24.3. The molecule has 11 heteroatoms. The lowest BCUT2D eigenvalue weighted by Crippen LogP contribution is -2.48. The molecule has 0 heterocycles. The van der Waals surface area contributed by atoms with Crippen LogP contribution in [0.15, 0.2) is 57.4 Å². The maximum absolute atomic E-state index is 13.9. The van der Waals surface area contributed by atoms with E-state index >= 15 is 0 Å². The van der Waals surface area contributed by atoms with Gasteiger partial charge in [-0.2, -0.15) is 4.72 Å². The predicted octanol–water partition coefficient (Wildman–Crippen LogP) is 4.53. The first-order chi connectivity index (χ1) is 13.3. The first-order valence-corrected chi connectivity index (χ1v) is 12.5. The monoisotopic (exact) mass is 481 g/mol. The van der Waals surface area contributed by atoms with Crippen molar-refractivity contribution in [2.45, 2.75) is 50.1 Å². The fourth-order valence-electron chi connectivity index (χ4n) is 2.57. The van der Waals surface area contributed by atoms with Crippen molar-refractivity contribution in [2.75, 3.05) is 0 Å². The van der Waals surface area contributed by atoms with Gasteiger partial charge < -0.3 is 9.05 Å². The number of halogens is 2. The van der Waals surface area contributed by atoms with Gasteiger partial charge >= 0.3 is 7.60 Å². The Morgan fingerprint density at radius 1 is 0.966 bits per heavy atom. The molecule has 7 nitrogen and oxygen atoms in total. The maximum Gasteiger partial charge on any atom is 0.359 e. The molecule has 0 bridgehead atoms. The van der Waals surface area contributed by atoms with Gasteiger partial charge in [0.1, 0.15) is 0 Å². The predicted molar refractivity (Wildman–Crippen MR) is 112 cm³/mol. The van der Waals surface area contributed by atoms with E-state index in [1.54, 1.807) is 33.8 Å². The Morgan fingerprint density at radius 3 is 1.83 bits per heavy atom. The molecule has 0 amide bonds. The van der Waals surface area contributed by atoms with E-state index in [9.17, 15) is 17.8 Å². The van der Waals surface area contributed by atoms with Crippen LogP contribution in [0, 0.1) is 0 Å². The summed E-state index contributed by atoms with van der Waals surface area (Å²) < 4.78 is 53.6. The lowest BCUT2D eigenvalue weighted by atomic mass is 10.1. The maximum atomic E-state index is 13.9. The van der Waals surface area contributed by atoms with Crippen LogP contribution in [0.1, 0.15) is 27.7 Å². The summed E-state index contributed by atoms with van der Waals surface area (Å²) in [5.41, 5.74) is 0. The third kappa shape index (κ3) is 5.39. The van der Waals surface area contributed by atoms with Crippen molar-refractivity contribution < 1.29 is 26.8 Å². The van der Waals surface area contributed by atoms with E-state index in [-0.39, 0.29) is 4.90 Å². The summed E-state index contributed by atoms with van der Waals surface area (Å²) in [6.07, 6.45) is 0.813. The molecule has 0 saturated carbocycles. The SMILES string of the molecule is CC(C)OP(=O)(OC(C)C)C1(NS(=O)(=O)c2ccccc2)C=C(Cl)C(=O)C(Cl)=C1. The molecule has 0 atom stereocenters. The number of carbonyl (C=O) groups is 1. The van der Waals surface area contributed by atoms with Crippen LogP contribution in [0.3, 0.4) is 0 Å². The highest BCUT2D eigenvalue weighted by Gasteiger charge is 2.54. The van der Waals surface area contributed by atoms with Gasteiger partial charge in [0.25, 0.3) is 0 Å². The molecule has 0 aromatic heterocycles. The van der Waals surface area contributed by atoms with Crippen LogP contribution in [0.2, 0.25) is 0 Å². The van der Waals surface area contributed by atoms with Gasteiger partial charge in [-0.3, -0.25) is 9.36 Å². The van der Waals surface area contributed by atoms with Gasteiger partial charge in [0.05, 0.1) is 27.2 Å². The summed E-state index contributed by atoms with van der Waals surface area (Å²) >= 11 is 12.0. The van der Waals surface area contributed by atoms with Gasteiger partial charge in [-0.15, -0.1) is 0 Å². The molecule has 1 N–H and O–H groups in total. The van der Waals surface area contributed by atoms with Gasteiger partial charge in [0.2, 0.25) is 15.8 Å². The summed E-state index contributed by atoms with van der Waals surface area (Å²) in [6.45, 7) is 6.45. The Kier molecular flexibility index (Phi) is 7.55. The molecule has 160 valence electrons. The molecule has 0 radical (unpaired) electrons. The molecular formula is C18H22Cl2NO6PS. The third-order valence-electron chi connectivity index (χ3n) is 3.63. The van der Waals surface area contributed by atoms with Crippen LogP contribution in [0.5, 0.6) is 0 Å². The fourth-order valence-corrected chi connectivity index (χ4v) is 7.40. The van der Waals surface area contributed by atoms with Crippen molar-refractivity contribution in [3.8, 4) is 0 Å². The summed E-state index contributed by atoms with van der Waals surface area (Å²) in [4.78, 5) is 12.0. The minimum Gasteiger partial charge on any atom is -0.304 e. The summed E-state index contributed by atoms with van der Waals surface area (Å²) in [6, 6.07) is 7.44. The Labute approximate surface area is 180 Å². The summed E-state index contributed by atoms with van der Waals surface area (Å²) in [5, 5.41) is -2.94. The van der Waals surface area contributed by atoms with Crippen molar-refractivity contribution in [2.24, 2.45) is 0 Å². The third-order valence-corrected chi connectivity index (χ3v) is 8.52. The number of allylic oxidation sites excluding steroid dienone is 2. The molecule has 0 fully saturated rings. The lowest BCUT2D eigenvalue weighted by Gasteiger charge is -2.38. The fraction of sp³-hybridized carbons (Fsp3) is 0.389. The zero-order chi connectivity index (χ0) is 22.0. The number of benzene rings is 1. The quantitative estimate of drug-likeness (QED) is 0.547. The number of Topliss-reactive ketones (excluding diaryl/α,β-unsaturated/α-hetero) is 1. The Morgan fingerprint density at radius 2 is 1.41 bits per heavy atom. The van der Waals surface area contributed by atoms with Crippen molar-refractivity contribution in [3.05, 3.63) is 52.5 Å². The molecule has 0 spiro atoms. The van der Waals surface area contributed by atoms with Crippen molar-refractivity contribution >= 4 is 46.6 Å². The Hall–Kier alpha value is -0.990. The zero-order valence-corrected chi connectivity index (χ0v) is 19.5. The molecular weight excluding hydrogens is 460 g/mol. The van der Waals surface area contributed by atoms with Crippen LogP contribution in [-0.2, 0) is 28.4 Å². The van der Waals surface area contributed by atoms with E-state index in [2.05, 4.69) is 4.72 Å². The lowest BCUT2D eigenvalue weighted by molar-refractivity contribution is -0.111. The van der Waals surface area contributed by atoms with E-state index < -0.39 is 51.0 Å². The summed E-state index contributed by atoms with van der Waals surface area (Å²) in [5.74, 6) is -0.733. The van der Waals surface area contributed by atoms with Crippen LogP contribution >= 0.6 is 30.8 Å². The highest BCUT2D eigenvalue weighted by atomic mass is 35.5. The molecule has 0 unspecified atom stereocenters. The molecule has 1 aromatic rings. The van der Waals surface area contributed by atoms with Crippen LogP contribution in [-0.4, -0.2) is 31.7 Å². The molecule has 2 rings (SSSR count). The number of rotatable bonds is 8. The highest BCUT2D eigenvalue weighted by molar-refractivity contribution is 7.90. The Bertz CT molecular complexity index is 953. The number of nitrogens with one attached hydrogen (secondary N) is 1. The van der Waals surface area contributed by atoms with Crippen LogP contribution < -0.4 is 4.72 Å². The second kappa shape index (κ2) is 9.02. The molecule has 29 heavy (non-hydrogen) atoms. The van der Waals surface area contributed by atoms with E-state index in [1.807, 2.05) is 0 Å². The topological polar surface area (TPSA) is 98.8 Å². The summed E-state index contributed by atoms with van der Waals surface area (Å²) in [7, 11) is -8.56. The minimum atomic E-state index is -4.32. The van der Waals surface area contributed by atoms with E-state index in [0.717, 1.165) is 12.2 Å². The number of sulfonamides is 1. The largest absolute Gasteiger partial charge is 0.359 e. The van der Waals surface area contributed by atoms with Crippen LogP contribution in [0.25, 0.3) is 0 Å². The molecule has 1 aliphatic carbocycles. The normalized spacial score (nSPS) is 17.4. The molecule has 1 aromatic carbocycles. The number of carbonyl (C=O) groups excluding carboxylic acids is 1. The van der Waals surface area contributed by atoms with Gasteiger partial charge in [0.15, 0.2) is 5.28 Å². The van der Waals surface area contributed by atoms with Gasteiger partial charge in [-0.1, -0.05) is 41.4 Å². The second-order valence-electron chi connectivity index (χ2n) is 6.86. The first-order valence-electron chi connectivity index (χ1n) is 8.69. The average Bonchev–Trinajstić information content (AvgIpc) is 2.58. The Balaban J connectivity index is 2.73. The van der Waals surface area contributed by atoms with Gasteiger partial charge in [-0.05, 0) is 52.0 Å². The van der Waals surface area contributed by atoms with Gasteiger partial charge in [0, 0.05) is 0 Å². The smallest absolute Gasteiger partial charge is 0.304 e. The standard InChI is InChI=1S/C18H22Cl2NO6PS/c1-12(2)26-28(23,27-13(3)4)18(10-15(19)17(22)16(20)11-18)21-29(24,25)14-8-6-5-7-9-14/h5-13,21H,1-4H3. The minimum absolute atomic E-state index is 0.0917. The molecule has 0 saturated heterocycles. The highest BCUT2D eigenvalue weighted by Crippen LogP contribution is 2.63. The van der Waals surface area contributed by atoms with E-state index in [4.69, 9.17) is 32.2 Å². The van der Waals surface area contributed by atoms with Crippen molar-refractivity contribution in [1.82, 2.24) is 4.72 Å². The number of ketones is 1. The van der Waals surface area contributed by atoms with Crippen molar-refractivity contribution in [3.63, 3.8) is 0 Å². The van der Waals surface area contributed by atoms with E-state index in [0.29, 0.717) is 0 Å². The zero-order valence-electron chi connectivity index (χ0n) is 16.3. The van der Waals surface area contributed by atoms with Crippen molar-refractivity contribution in [1.29, 1.82) is 0 Å². The van der Waals surface area contributed by atoms with Crippen LogP contribution in [0.4, 0.5) is 0 Å². The second-order valence-corrected chi connectivity index (χ2v) is 11.5. The average molecular weight is 482 g/mol. The van der Waals surface area contributed by atoms with Gasteiger partial charge in [-0.25, -0.2) is 8.42 Å². The number of hydrogen-bond donors (Lipinski definition) is 1.